The fraction of sp³-hybridized carbons (Fsp3) is 0.667. The zero-order valence-corrected chi connectivity index (χ0v) is 6.11. The molecule has 0 aliphatic rings. The number of alkyl halides is 4. The van der Waals surface area contributed by atoms with Gasteiger partial charge in [-0.1, -0.05) is 0 Å². The highest BCUT2D eigenvalue weighted by atomic mass is 19.4. The first kappa shape index (κ1) is 11.1. The molecule has 0 aliphatic carbocycles. The van der Waals surface area contributed by atoms with Crippen LogP contribution in [0, 0.1) is 0 Å². The standard InChI is InChI=1S/C6H6F4O2/c1-5(7,3-11)4(12)2-6(8,9)10/h3H,2H2,1H3. The van der Waals surface area contributed by atoms with E-state index in [0.29, 0.717) is 6.92 Å². The molecule has 0 rings (SSSR count). The van der Waals surface area contributed by atoms with E-state index in [1.807, 2.05) is 0 Å². The minimum Gasteiger partial charge on any atom is -0.299 e. The van der Waals surface area contributed by atoms with Crippen molar-refractivity contribution in [3.8, 4) is 0 Å². The first-order valence-corrected chi connectivity index (χ1v) is 2.94. The first-order valence-electron chi connectivity index (χ1n) is 2.94. The number of ketones is 1. The molecule has 0 aliphatic heterocycles. The van der Waals surface area contributed by atoms with Crippen LogP contribution in [0.2, 0.25) is 0 Å². The molecule has 0 radical (unpaired) electrons. The molecule has 0 saturated heterocycles. The van der Waals surface area contributed by atoms with Crippen LogP contribution in [-0.4, -0.2) is 23.9 Å². The van der Waals surface area contributed by atoms with Crippen LogP contribution in [0.1, 0.15) is 13.3 Å². The Hall–Kier alpha value is -0.940. The van der Waals surface area contributed by atoms with E-state index in [4.69, 9.17) is 0 Å². The second-order valence-electron chi connectivity index (χ2n) is 2.41. The lowest BCUT2D eigenvalue weighted by Gasteiger charge is -2.12. The van der Waals surface area contributed by atoms with Gasteiger partial charge in [-0.25, -0.2) is 4.39 Å². The second kappa shape index (κ2) is 3.20. The predicted molar refractivity (Wildman–Crippen MR) is 31.3 cm³/mol. The molecule has 6 heteroatoms. The number of hydrogen-bond acceptors (Lipinski definition) is 2. The van der Waals surface area contributed by atoms with Crippen LogP contribution >= 0.6 is 0 Å². The molecule has 12 heavy (non-hydrogen) atoms. The average molecular weight is 186 g/mol. The summed E-state index contributed by atoms with van der Waals surface area (Å²) in [5, 5.41) is 0. The van der Waals surface area contributed by atoms with E-state index < -0.39 is 30.3 Å². The van der Waals surface area contributed by atoms with Crippen LogP contribution < -0.4 is 0 Å². The van der Waals surface area contributed by atoms with E-state index in [-0.39, 0.29) is 0 Å². The van der Waals surface area contributed by atoms with E-state index in [2.05, 4.69) is 0 Å². The largest absolute Gasteiger partial charge is 0.396 e. The van der Waals surface area contributed by atoms with Crippen molar-refractivity contribution in [3.05, 3.63) is 0 Å². The summed E-state index contributed by atoms with van der Waals surface area (Å²) in [6.45, 7) is 0.494. The van der Waals surface area contributed by atoms with Gasteiger partial charge in [-0.2, -0.15) is 13.2 Å². The maximum absolute atomic E-state index is 12.5. The van der Waals surface area contributed by atoms with Gasteiger partial charge in [0.05, 0.1) is 0 Å². The Morgan fingerprint density at radius 3 is 2.00 bits per heavy atom. The highest BCUT2D eigenvalue weighted by molar-refractivity contribution is 6.01. The fourth-order valence-corrected chi connectivity index (χ4v) is 0.421. The van der Waals surface area contributed by atoms with Crippen LogP contribution in [-0.2, 0) is 9.59 Å². The van der Waals surface area contributed by atoms with E-state index in [9.17, 15) is 27.2 Å². The van der Waals surface area contributed by atoms with Gasteiger partial charge < -0.3 is 0 Å². The molecule has 0 aromatic heterocycles. The summed E-state index contributed by atoms with van der Waals surface area (Å²) < 4.78 is 46.9. The van der Waals surface area contributed by atoms with Gasteiger partial charge in [0.2, 0.25) is 5.67 Å². The van der Waals surface area contributed by atoms with E-state index in [1.165, 1.54) is 0 Å². The Bertz CT molecular complexity index is 194. The van der Waals surface area contributed by atoms with Gasteiger partial charge in [0.15, 0.2) is 12.1 Å². The number of carbonyl (C=O) groups excluding carboxylic acids is 2. The van der Waals surface area contributed by atoms with Gasteiger partial charge in [-0.05, 0) is 6.92 Å². The Morgan fingerprint density at radius 1 is 1.33 bits per heavy atom. The van der Waals surface area contributed by atoms with E-state index in [0.717, 1.165) is 0 Å². The highest BCUT2D eigenvalue weighted by Crippen LogP contribution is 2.23. The molecule has 0 aromatic rings. The van der Waals surface area contributed by atoms with Crippen LogP contribution in [0.15, 0.2) is 0 Å². The van der Waals surface area contributed by atoms with Gasteiger partial charge >= 0.3 is 6.18 Å². The summed E-state index contributed by atoms with van der Waals surface area (Å²) in [5.41, 5.74) is -3.03. The third-order valence-electron chi connectivity index (χ3n) is 1.13. The minimum absolute atomic E-state index is 0.443. The predicted octanol–water partition coefficient (Wildman–Crippen LogP) is 1.44. The summed E-state index contributed by atoms with van der Waals surface area (Å²) in [4.78, 5) is 20.2. The highest BCUT2D eigenvalue weighted by Gasteiger charge is 2.41. The fourth-order valence-electron chi connectivity index (χ4n) is 0.421. The molecular formula is C6H6F4O2. The van der Waals surface area contributed by atoms with Crippen molar-refractivity contribution in [2.75, 3.05) is 0 Å². The number of aldehydes is 1. The zero-order chi connectivity index (χ0) is 9.99. The van der Waals surface area contributed by atoms with Crippen molar-refractivity contribution in [2.45, 2.75) is 25.2 Å². The van der Waals surface area contributed by atoms with Crippen LogP contribution in [0.5, 0.6) is 0 Å². The maximum atomic E-state index is 12.5. The molecular weight excluding hydrogens is 180 g/mol. The van der Waals surface area contributed by atoms with Gasteiger partial charge in [0.1, 0.15) is 6.42 Å². The molecule has 0 bridgehead atoms. The Balaban J connectivity index is 4.33. The van der Waals surface area contributed by atoms with Crippen LogP contribution in [0.25, 0.3) is 0 Å². The third-order valence-corrected chi connectivity index (χ3v) is 1.13. The number of Topliss-reactive ketones (excluding diaryl/α,β-unsaturated/α-hetero) is 1. The van der Waals surface area contributed by atoms with Crippen molar-refractivity contribution in [1.29, 1.82) is 0 Å². The Morgan fingerprint density at radius 2 is 1.75 bits per heavy atom. The first-order chi connectivity index (χ1) is 5.19. The molecule has 0 spiro atoms. The van der Waals surface area contributed by atoms with Crippen molar-refractivity contribution in [3.63, 3.8) is 0 Å². The topological polar surface area (TPSA) is 34.1 Å². The van der Waals surface area contributed by atoms with Crippen LogP contribution in [0.3, 0.4) is 0 Å². The molecule has 0 N–H and O–H groups in total. The number of carbonyl (C=O) groups is 2. The monoisotopic (exact) mass is 186 g/mol. The van der Waals surface area contributed by atoms with E-state index >= 15 is 0 Å². The maximum Gasteiger partial charge on any atom is 0.396 e. The van der Waals surface area contributed by atoms with Crippen LogP contribution in [0.4, 0.5) is 17.6 Å². The SMILES string of the molecule is CC(F)(C=O)C(=O)CC(F)(F)F. The van der Waals surface area contributed by atoms with E-state index in [1.54, 1.807) is 0 Å². The molecule has 70 valence electrons. The molecule has 1 atom stereocenters. The summed E-state index contributed by atoms with van der Waals surface area (Å²) >= 11 is 0. The summed E-state index contributed by atoms with van der Waals surface area (Å²) in [7, 11) is 0. The molecule has 0 amide bonds. The molecule has 2 nitrogen and oxygen atoms in total. The quantitative estimate of drug-likeness (QED) is 0.379. The zero-order valence-electron chi connectivity index (χ0n) is 6.11. The number of halogens is 4. The van der Waals surface area contributed by atoms with Crippen molar-refractivity contribution in [1.82, 2.24) is 0 Å². The molecule has 0 fully saturated rings. The average Bonchev–Trinajstić information content (AvgIpc) is 1.84. The van der Waals surface area contributed by atoms with Gasteiger partial charge in [0.25, 0.3) is 0 Å². The van der Waals surface area contributed by atoms with Crippen molar-refractivity contribution >= 4 is 12.1 Å². The lowest BCUT2D eigenvalue weighted by molar-refractivity contribution is -0.160. The summed E-state index contributed by atoms with van der Waals surface area (Å²) in [6, 6.07) is 0. The Labute approximate surface area is 65.5 Å². The van der Waals surface area contributed by atoms with Gasteiger partial charge in [-0.15, -0.1) is 0 Å². The van der Waals surface area contributed by atoms with Crippen molar-refractivity contribution in [2.24, 2.45) is 0 Å². The normalized spacial score (nSPS) is 16.8. The minimum atomic E-state index is -4.77. The smallest absolute Gasteiger partial charge is 0.299 e. The van der Waals surface area contributed by atoms with Gasteiger partial charge in [0, 0.05) is 0 Å². The summed E-state index contributed by atoms with van der Waals surface area (Å²) in [6.07, 6.45) is -7.13. The second-order valence-corrected chi connectivity index (χ2v) is 2.41. The van der Waals surface area contributed by atoms with Gasteiger partial charge in [-0.3, -0.25) is 9.59 Å². The molecule has 0 heterocycles. The summed E-state index contributed by atoms with van der Waals surface area (Å²) in [5.74, 6) is -1.77. The number of rotatable bonds is 3. The molecule has 0 aromatic carbocycles. The molecule has 1 unspecified atom stereocenters. The number of hydrogen-bond donors (Lipinski definition) is 0. The lowest BCUT2D eigenvalue weighted by atomic mass is 10.0. The Kier molecular flexibility index (Phi) is 2.95. The van der Waals surface area contributed by atoms with Crippen molar-refractivity contribution < 1.29 is 27.2 Å². The lowest BCUT2D eigenvalue weighted by Crippen LogP contribution is -2.35. The third kappa shape index (κ3) is 3.45. The molecule has 0 saturated carbocycles.